The molecule has 2 N–H and O–H groups in total. The Morgan fingerprint density at radius 1 is 0.882 bits per heavy atom. The van der Waals surface area contributed by atoms with Crippen LogP contribution in [0.2, 0.25) is 0 Å². The quantitative estimate of drug-likeness (QED) is 0.721. The first-order chi connectivity index (χ1) is 8.33. The molecule has 0 unspecified atom stereocenters. The van der Waals surface area contributed by atoms with Crippen molar-refractivity contribution in [2.75, 3.05) is 0 Å². The van der Waals surface area contributed by atoms with E-state index in [1.807, 2.05) is 0 Å². The van der Waals surface area contributed by atoms with Crippen molar-refractivity contribution in [3.63, 3.8) is 0 Å². The van der Waals surface area contributed by atoms with Crippen LogP contribution in [0.4, 0.5) is 0 Å². The molecule has 1 nitrogen and oxygen atoms in total. The van der Waals surface area contributed by atoms with Crippen LogP contribution in [0.25, 0.3) is 11.1 Å². The summed E-state index contributed by atoms with van der Waals surface area (Å²) < 4.78 is 0. The van der Waals surface area contributed by atoms with Crippen molar-refractivity contribution < 1.29 is 0 Å². The van der Waals surface area contributed by atoms with Crippen molar-refractivity contribution in [2.24, 2.45) is 5.73 Å². The van der Waals surface area contributed by atoms with Crippen molar-refractivity contribution in [2.45, 2.75) is 26.3 Å². The molecule has 0 spiro atoms. The summed E-state index contributed by atoms with van der Waals surface area (Å²) in [5, 5.41) is 0. The van der Waals surface area contributed by atoms with Crippen molar-refractivity contribution >= 4 is 0 Å². The number of rotatable bonds is 3. The molecule has 0 aromatic heterocycles. The van der Waals surface area contributed by atoms with E-state index in [9.17, 15) is 0 Å². The molecule has 0 atom stereocenters. The van der Waals surface area contributed by atoms with Gasteiger partial charge in [0.25, 0.3) is 0 Å². The lowest BCUT2D eigenvalue weighted by atomic mass is 9.95. The number of fused-ring (bicyclic) bond motifs is 1. The first-order valence-corrected chi connectivity index (χ1v) is 6.22. The Morgan fingerprint density at radius 3 is 1.88 bits per heavy atom. The zero-order chi connectivity index (χ0) is 12.1. The zero-order valence-corrected chi connectivity index (χ0v) is 10.3. The molecule has 1 aromatic carbocycles. The predicted molar refractivity (Wildman–Crippen MR) is 73.8 cm³/mol. The van der Waals surface area contributed by atoms with Gasteiger partial charge in [0.15, 0.2) is 0 Å². The summed E-state index contributed by atoms with van der Waals surface area (Å²) in [6.45, 7) is 2.84. The first-order valence-electron chi connectivity index (χ1n) is 6.22. The Kier molecular flexibility index (Phi) is 3.94. The molecule has 0 amide bonds. The Bertz CT molecular complexity index is 450. The lowest BCUT2D eigenvalue weighted by Crippen LogP contribution is -1.96. The van der Waals surface area contributed by atoms with Crippen LogP contribution >= 0.6 is 0 Å². The Balaban J connectivity index is 0.000000148. The van der Waals surface area contributed by atoms with E-state index in [-0.39, 0.29) is 0 Å². The van der Waals surface area contributed by atoms with Crippen LogP contribution in [0.15, 0.2) is 48.5 Å². The highest BCUT2D eigenvalue weighted by molar-refractivity contribution is 5.75. The maximum Gasteiger partial charge on any atom is 0.0178 e. The predicted octanol–water partition coefficient (Wildman–Crippen LogP) is 3.76. The van der Waals surface area contributed by atoms with Gasteiger partial charge in [-0.3, -0.25) is 0 Å². The van der Waals surface area contributed by atoms with Crippen molar-refractivity contribution in [1.29, 1.82) is 0 Å². The normalized spacial score (nSPS) is 10.5. The van der Waals surface area contributed by atoms with Gasteiger partial charge in [0, 0.05) is 6.54 Å². The minimum absolute atomic E-state index is 0.650. The van der Waals surface area contributed by atoms with Crippen LogP contribution < -0.4 is 5.73 Å². The second kappa shape index (κ2) is 5.65. The molecule has 2 aliphatic rings. The minimum atomic E-state index is 0.650. The number of benzene rings is 2. The maximum absolute atomic E-state index is 5.51. The SMILES string of the molecule is CCCc1cccc(CN)c1.c1cc2ccc1-2. The molecule has 0 bridgehead atoms. The number of aryl methyl sites for hydroxylation is 1. The molecule has 2 aliphatic carbocycles. The second-order valence-electron chi connectivity index (χ2n) is 4.35. The average molecular weight is 225 g/mol. The third-order valence-corrected chi connectivity index (χ3v) is 2.98. The molecule has 0 saturated heterocycles. The lowest BCUT2D eigenvalue weighted by Gasteiger charge is -2.10. The van der Waals surface area contributed by atoms with E-state index in [0.29, 0.717) is 6.54 Å². The summed E-state index contributed by atoms with van der Waals surface area (Å²) in [4.78, 5) is 0. The average Bonchev–Trinajstić information content (AvgIpc) is 2.35. The highest BCUT2D eigenvalue weighted by Crippen LogP contribution is 2.29. The van der Waals surface area contributed by atoms with Crippen LogP contribution in [0.1, 0.15) is 24.5 Å². The van der Waals surface area contributed by atoms with E-state index in [1.165, 1.54) is 28.7 Å². The van der Waals surface area contributed by atoms with E-state index >= 15 is 0 Å². The fraction of sp³-hybridized carbons (Fsp3) is 0.250. The summed E-state index contributed by atoms with van der Waals surface area (Å²) in [6.07, 6.45) is 2.36. The van der Waals surface area contributed by atoms with Gasteiger partial charge in [0.2, 0.25) is 0 Å². The molecule has 1 aromatic rings. The third kappa shape index (κ3) is 2.95. The molecule has 0 heterocycles. The smallest absolute Gasteiger partial charge is 0.0178 e. The summed E-state index contributed by atoms with van der Waals surface area (Å²) in [6, 6.07) is 17.0. The molecule has 0 aliphatic heterocycles. The molecular weight excluding hydrogens is 206 g/mol. The van der Waals surface area contributed by atoms with E-state index in [1.54, 1.807) is 0 Å². The van der Waals surface area contributed by atoms with Crippen LogP contribution in [0, 0.1) is 0 Å². The number of hydrogen-bond donors (Lipinski definition) is 1. The van der Waals surface area contributed by atoms with E-state index in [0.717, 1.165) is 6.42 Å². The van der Waals surface area contributed by atoms with Crippen molar-refractivity contribution in [3.8, 4) is 11.1 Å². The summed E-state index contributed by atoms with van der Waals surface area (Å²) in [7, 11) is 0. The van der Waals surface area contributed by atoms with Crippen molar-refractivity contribution in [3.05, 3.63) is 59.7 Å². The summed E-state index contributed by atoms with van der Waals surface area (Å²) >= 11 is 0. The van der Waals surface area contributed by atoms with Gasteiger partial charge in [0.05, 0.1) is 0 Å². The fourth-order valence-corrected chi connectivity index (χ4v) is 1.86. The second-order valence-corrected chi connectivity index (χ2v) is 4.35. The first kappa shape index (κ1) is 11.9. The Hall–Kier alpha value is -1.60. The third-order valence-electron chi connectivity index (χ3n) is 2.98. The summed E-state index contributed by atoms with van der Waals surface area (Å²) in [5.74, 6) is 0. The molecule has 17 heavy (non-hydrogen) atoms. The molecular formula is C16H19N. The van der Waals surface area contributed by atoms with Gasteiger partial charge < -0.3 is 5.73 Å². The van der Waals surface area contributed by atoms with Crippen LogP contribution in [-0.4, -0.2) is 0 Å². The fourth-order valence-electron chi connectivity index (χ4n) is 1.86. The topological polar surface area (TPSA) is 26.0 Å². The van der Waals surface area contributed by atoms with Crippen LogP contribution in [0.5, 0.6) is 0 Å². The van der Waals surface area contributed by atoms with E-state index < -0.39 is 0 Å². The monoisotopic (exact) mass is 225 g/mol. The van der Waals surface area contributed by atoms with Crippen molar-refractivity contribution in [1.82, 2.24) is 0 Å². The van der Waals surface area contributed by atoms with Gasteiger partial charge in [-0.25, -0.2) is 0 Å². The van der Waals surface area contributed by atoms with Gasteiger partial charge in [-0.1, -0.05) is 61.9 Å². The molecule has 0 saturated carbocycles. The van der Waals surface area contributed by atoms with E-state index in [4.69, 9.17) is 5.73 Å². The molecule has 3 rings (SSSR count). The lowest BCUT2D eigenvalue weighted by molar-refractivity contribution is 0.915. The molecule has 1 heteroatoms. The Labute approximate surface area is 103 Å². The Morgan fingerprint density at radius 2 is 1.47 bits per heavy atom. The van der Waals surface area contributed by atoms with Gasteiger partial charge in [-0.15, -0.1) is 0 Å². The molecule has 0 fully saturated rings. The number of hydrogen-bond acceptors (Lipinski definition) is 1. The van der Waals surface area contributed by atoms with E-state index in [2.05, 4.69) is 55.5 Å². The van der Waals surface area contributed by atoms with Gasteiger partial charge in [-0.05, 0) is 28.7 Å². The summed E-state index contributed by atoms with van der Waals surface area (Å²) in [5.41, 5.74) is 11.0. The minimum Gasteiger partial charge on any atom is -0.326 e. The van der Waals surface area contributed by atoms with Gasteiger partial charge >= 0.3 is 0 Å². The highest BCUT2D eigenvalue weighted by atomic mass is 14.5. The standard InChI is InChI=1S/C10H15N.C6H4/c1-2-4-9-5-3-6-10(7-9)8-11;1-2-6-4-3-5(1)6/h3,5-7H,2,4,8,11H2,1H3;1-4H. The highest BCUT2D eigenvalue weighted by Gasteiger charge is 2.03. The van der Waals surface area contributed by atoms with Gasteiger partial charge in [-0.2, -0.15) is 0 Å². The zero-order valence-electron chi connectivity index (χ0n) is 10.3. The largest absolute Gasteiger partial charge is 0.326 e. The molecule has 0 radical (unpaired) electrons. The van der Waals surface area contributed by atoms with Gasteiger partial charge in [0.1, 0.15) is 0 Å². The van der Waals surface area contributed by atoms with Crippen LogP contribution in [0.3, 0.4) is 0 Å². The van der Waals surface area contributed by atoms with Crippen LogP contribution in [-0.2, 0) is 13.0 Å². The maximum atomic E-state index is 5.51. The molecule has 88 valence electrons. The number of nitrogens with two attached hydrogens (primary N) is 1.